The average molecular weight is 276 g/mol. The van der Waals surface area contributed by atoms with E-state index in [2.05, 4.69) is 26.1 Å². The summed E-state index contributed by atoms with van der Waals surface area (Å²) in [4.78, 5) is 0. The summed E-state index contributed by atoms with van der Waals surface area (Å²) in [5.74, 6) is 0.309. The van der Waals surface area contributed by atoms with Crippen LogP contribution in [0.1, 0.15) is 52.9 Å². The third-order valence-corrected chi connectivity index (χ3v) is 5.53. The molecule has 5 heteroatoms. The predicted octanol–water partition coefficient (Wildman–Crippen LogP) is 1.97. The van der Waals surface area contributed by atoms with Crippen LogP contribution in [0.3, 0.4) is 0 Å². The molecule has 1 rings (SSSR count). The molecule has 0 bridgehead atoms. The minimum atomic E-state index is -3.02. The van der Waals surface area contributed by atoms with E-state index in [0.717, 1.165) is 45.2 Å². The van der Waals surface area contributed by atoms with Gasteiger partial charge in [0, 0.05) is 18.6 Å². The third-order valence-electron chi connectivity index (χ3n) is 3.53. The molecule has 1 unspecified atom stereocenters. The van der Waals surface area contributed by atoms with E-state index < -0.39 is 10.0 Å². The topological polar surface area (TPSA) is 49.4 Å². The van der Waals surface area contributed by atoms with E-state index in [9.17, 15) is 8.42 Å². The van der Waals surface area contributed by atoms with Gasteiger partial charge >= 0.3 is 0 Å². The molecule has 1 aliphatic rings. The first-order chi connectivity index (χ1) is 8.47. The first-order valence-electron chi connectivity index (χ1n) is 7.20. The standard InChI is InChI=1S/C13H28N2O2S/c1-4-13-8-7-10-15(13)18(16,17)11-6-5-9-14-12(2)3/h12-14H,4-11H2,1-3H3. The van der Waals surface area contributed by atoms with E-state index in [1.165, 1.54) is 0 Å². The van der Waals surface area contributed by atoms with Crippen molar-refractivity contribution in [3.8, 4) is 0 Å². The summed E-state index contributed by atoms with van der Waals surface area (Å²) in [6.07, 6.45) is 4.68. The van der Waals surface area contributed by atoms with Gasteiger partial charge in [-0.3, -0.25) is 0 Å². The van der Waals surface area contributed by atoms with Gasteiger partial charge in [-0.1, -0.05) is 20.8 Å². The molecule has 0 aromatic rings. The van der Waals surface area contributed by atoms with E-state index in [-0.39, 0.29) is 6.04 Å². The third kappa shape index (κ3) is 4.86. The van der Waals surface area contributed by atoms with E-state index in [0.29, 0.717) is 11.8 Å². The normalized spacial score (nSPS) is 21.9. The second kappa shape index (κ2) is 7.46. The Balaban J connectivity index is 2.31. The van der Waals surface area contributed by atoms with Crippen LogP contribution in [0.25, 0.3) is 0 Å². The van der Waals surface area contributed by atoms with Gasteiger partial charge in [-0.05, 0) is 38.6 Å². The summed E-state index contributed by atoms with van der Waals surface area (Å²) in [6.45, 7) is 7.92. The second-order valence-electron chi connectivity index (χ2n) is 5.45. The van der Waals surface area contributed by atoms with Crippen LogP contribution in [0, 0.1) is 0 Å². The lowest BCUT2D eigenvalue weighted by Gasteiger charge is -2.22. The zero-order chi connectivity index (χ0) is 13.6. The lowest BCUT2D eigenvalue weighted by atomic mass is 10.2. The Hall–Kier alpha value is -0.130. The number of hydrogen-bond acceptors (Lipinski definition) is 3. The van der Waals surface area contributed by atoms with Crippen molar-refractivity contribution < 1.29 is 8.42 Å². The molecule has 108 valence electrons. The van der Waals surface area contributed by atoms with Crippen molar-refractivity contribution in [3.05, 3.63) is 0 Å². The number of sulfonamides is 1. The number of hydrogen-bond donors (Lipinski definition) is 1. The van der Waals surface area contributed by atoms with Gasteiger partial charge < -0.3 is 5.32 Å². The fourth-order valence-electron chi connectivity index (χ4n) is 2.50. The fraction of sp³-hybridized carbons (Fsp3) is 1.00. The minimum Gasteiger partial charge on any atom is -0.315 e. The molecule has 18 heavy (non-hydrogen) atoms. The van der Waals surface area contributed by atoms with Crippen LogP contribution in [0.2, 0.25) is 0 Å². The Morgan fingerprint density at radius 3 is 2.67 bits per heavy atom. The van der Waals surface area contributed by atoms with Gasteiger partial charge in [-0.15, -0.1) is 0 Å². The number of nitrogens with zero attached hydrogens (tertiary/aromatic N) is 1. The molecule has 1 N–H and O–H groups in total. The summed E-state index contributed by atoms with van der Waals surface area (Å²) in [6, 6.07) is 0.730. The van der Waals surface area contributed by atoms with Crippen LogP contribution in [0.5, 0.6) is 0 Å². The second-order valence-corrected chi connectivity index (χ2v) is 7.49. The highest BCUT2D eigenvalue weighted by molar-refractivity contribution is 7.89. The van der Waals surface area contributed by atoms with Crippen LogP contribution in [0.4, 0.5) is 0 Å². The zero-order valence-corrected chi connectivity index (χ0v) is 12.8. The van der Waals surface area contributed by atoms with Crippen LogP contribution in [0.15, 0.2) is 0 Å². The van der Waals surface area contributed by atoms with Crippen LogP contribution in [-0.4, -0.2) is 43.6 Å². The Labute approximate surface area is 112 Å². The average Bonchev–Trinajstić information content (AvgIpc) is 2.76. The Kier molecular flexibility index (Phi) is 6.60. The van der Waals surface area contributed by atoms with Crippen molar-refractivity contribution in [3.63, 3.8) is 0 Å². The molecule has 1 aliphatic heterocycles. The number of rotatable bonds is 8. The summed E-state index contributed by atoms with van der Waals surface area (Å²) in [5.41, 5.74) is 0. The zero-order valence-electron chi connectivity index (χ0n) is 12.0. The van der Waals surface area contributed by atoms with Gasteiger partial charge in [0.05, 0.1) is 5.75 Å². The first-order valence-corrected chi connectivity index (χ1v) is 8.81. The largest absolute Gasteiger partial charge is 0.315 e. The highest BCUT2D eigenvalue weighted by Gasteiger charge is 2.32. The van der Waals surface area contributed by atoms with Crippen molar-refractivity contribution in [1.29, 1.82) is 0 Å². The molecular weight excluding hydrogens is 248 g/mol. The van der Waals surface area contributed by atoms with Crippen molar-refractivity contribution in [2.75, 3.05) is 18.8 Å². The quantitative estimate of drug-likeness (QED) is 0.690. The van der Waals surface area contributed by atoms with Crippen molar-refractivity contribution >= 4 is 10.0 Å². The predicted molar refractivity (Wildman–Crippen MR) is 76.2 cm³/mol. The molecular formula is C13H28N2O2S. The molecule has 0 saturated carbocycles. The van der Waals surface area contributed by atoms with Crippen molar-refractivity contribution in [2.24, 2.45) is 0 Å². The molecule has 0 aliphatic carbocycles. The summed E-state index contributed by atoms with van der Waals surface area (Å²) in [5, 5.41) is 3.31. The fourth-order valence-corrected chi connectivity index (χ4v) is 4.42. The van der Waals surface area contributed by atoms with Crippen LogP contribution in [-0.2, 0) is 10.0 Å². The lowest BCUT2D eigenvalue weighted by Crippen LogP contribution is -2.37. The van der Waals surface area contributed by atoms with E-state index in [1.807, 2.05) is 0 Å². The van der Waals surface area contributed by atoms with Crippen molar-refractivity contribution in [1.82, 2.24) is 9.62 Å². The smallest absolute Gasteiger partial charge is 0.214 e. The molecule has 0 aromatic heterocycles. The molecule has 0 amide bonds. The van der Waals surface area contributed by atoms with E-state index >= 15 is 0 Å². The summed E-state index contributed by atoms with van der Waals surface area (Å²) < 4.78 is 26.1. The SMILES string of the molecule is CCC1CCCN1S(=O)(=O)CCCCNC(C)C. The molecule has 1 atom stereocenters. The van der Waals surface area contributed by atoms with Gasteiger partial charge in [-0.2, -0.15) is 4.31 Å². The van der Waals surface area contributed by atoms with Crippen LogP contribution < -0.4 is 5.32 Å². The Morgan fingerprint density at radius 1 is 1.33 bits per heavy atom. The van der Waals surface area contributed by atoms with Gasteiger partial charge in [0.1, 0.15) is 0 Å². The molecule has 0 radical (unpaired) electrons. The first kappa shape index (κ1) is 15.9. The molecule has 1 saturated heterocycles. The van der Waals surface area contributed by atoms with E-state index in [1.54, 1.807) is 4.31 Å². The van der Waals surface area contributed by atoms with Gasteiger partial charge in [0.15, 0.2) is 0 Å². The van der Waals surface area contributed by atoms with Crippen LogP contribution >= 0.6 is 0 Å². The van der Waals surface area contributed by atoms with Gasteiger partial charge in [0.25, 0.3) is 0 Å². The molecule has 1 heterocycles. The minimum absolute atomic E-state index is 0.254. The number of unbranched alkanes of at least 4 members (excludes halogenated alkanes) is 1. The Morgan fingerprint density at radius 2 is 2.06 bits per heavy atom. The lowest BCUT2D eigenvalue weighted by molar-refractivity contribution is 0.378. The van der Waals surface area contributed by atoms with Gasteiger partial charge in [0.2, 0.25) is 10.0 Å². The summed E-state index contributed by atoms with van der Waals surface area (Å²) in [7, 11) is -3.02. The highest BCUT2D eigenvalue weighted by Crippen LogP contribution is 2.23. The Bertz CT molecular complexity index is 328. The summed E-state index contributed by atoms with van der Waals surface area (Å²) >= 11 is 0. The number of nitrogens with one attached hydrogen (secondary N) is 1. The highest BCUT2D eigenvalue weighted by atomic mass is 32.2. The van der Waals surface area contributed by atoms with E-state index in [4.69, 9.17) is 0 Å². The van der Waals surface area contributed by atoms with Crippen molar-refractivity contribution in [2.45, 2.75) is 65.0 Å². The monoisotopic (exact) mass is 276 g/mol. The molecule has 4 nitrogen and oxygen atoms in total. The van der Waals surface area contributed by atoms with Gasteiger partial charge in [-0.25, -0.2) is 8.42 Å². The maximum absolute atomic E-state index is 12.2. The maximum Gasteiger partial charge on any atom is 0.214 e. The molecule has 0 aromatic carbocycles. The maximum atomic E-state index is 12.2. The molecule has 0 spiro atoms. The molecule has 1 fully saturated rings.